The molecule has 1 aliphatic carbocycles. The van der Waals surface area contributed by atoms with Crippen LogP contribution in [0, 0.1) is 11.3 Å². The van der Waals surface area contributed by atoms with Crippen molar-refractivity contribution in [3.63, 3.8) is 0 Å². The van der Waals surface area contributed by atoms with Crippen LogP contribution < -0.4 is 10.5 Å². The van der Waals surface area contributed by atoms with Gasteiger partial charge < -0.3 is 10.5 Å². The molecule has 0 saturated heterocycles. The quantitative estimate of drug-likeness (QED) is 0.565. The Bertz CT molecular complexity index is 361. The standard InChI is InChI=1S/C11H15N3O/c12-11(13)9-2-1-3-10(14-9)15-7-6-8-4-5-8/h1-3,8H,4-7H2,(H3,12,13). The lowest BCUT2D eigenvalue weighted by Crippen LogP contribution is -2.13. The molecule has 1 aromatic heterocycles. The van der Waals surface area contributed by atoms with E-state index in [-0.39, 0.29) is 5.84 Å². The summed E-state index contributed by atoms with van der Waals surface area (Å²) in [4.78, 5) is 4.12. The van der Waals surface area contributed by atoms with Gasteiger partial charge in [0.25, 0.3) is 0 Å². The molecule has 0 spiro atoms. The van der Waals surface area contributed by atoms with Crippen LogP contribution >= 0.6 is 0 Å². The molecule has 15 heavy (non-hydrogen) atoms. The highest BCUT2D eigenvalue weighted by molar-refractivity contribution is 5.93. The Hall–Kier alpha value is -1.58. The molecule has 0 unspecified atom stereocenters. The summed E-state index contributed by atoms with van der Waals surface area (Å²) in [5, 5.41) is 7.25. The number of nitrogens with two attached hydrogens (primary N) is 1. The van der Waals surface area contributed by atoms with Gasteiger partial charge >= 0.3 is 0 Å². The van der Waals surface area contributed by atoms with Crippen molar-refractivity contribution in [3.8, 4) is 5.88 Å². The first-order chi connectivity index (χ1) is 7.25. The Morgan fingerprint density at radius 2 is 2.33 bits per heavy atom. The van der Waals surface area contributed by atoms with E-state index in [2.05, 4.69) is 4.98 Å². The minimum atomic E-state index is -0.0253. The second-order valence-corrected chi connectivity index (χ2v) is 3.86. The molecule has 3 N–H and O–H groups in total. The zero-order chi connectivity index (χ0) is 10.7. The third kappa shape index (κ3) is 2.94. The monoisotopic (exact) mass is 205 g/mol. The number of rotatable bonds is 5. The summed E-state index contributed by atoms with van der Waals surface area (Å²) in [6.45, 7) is 0.707. The van der Waals surface area contributed by atoms with Gasteiger partial charge in [0.05, 0.1) is 6.61 Å². The maximum Gasteiger partial charge on any atom is 0.213 e. The molecule has 0 aliphatic heterocycles. The minimum Gasteiger partial charge on any atom is -0.478 e. The van der Waals surface area contributed by atoms with Gasteiger partial charge in [-0.25, -0.2) is 4.98 Å². The minimum absolute atomic E-state index is 0.0253. The van der Waals surface area contributed by atoms with E-state index in [1.807, 2.05) is 0 Å². The summed E-state index contributed by atoms with van der Waals surface area (Å²) >= 11 is 0. The maximum atomic E-state index is 7.25. The fourth-order valence-corrected chi connectivity index (χ4v) is 1.38. The van der Waals surface area contributed by atoms with Crippen LogP contribution in [0.4, 0.5) is 0 Å². The van der Waals surface area contributed by atoms with Gasteiger partial charge in [-0.3, -0.25) is 5.41 Å². The predicted molar refractivity (Wildman–Crippen MR) is 58.1 cm³/mol. The van der Waals surface area contributed by atoms with Gasteiger partial charge in [-0.05, 0) is 18.4 Å². The normalized spacial score (nSPS) is 14.9. The van der Waals surface area contributed by atoms with Crippen LogP contribution in [0.1, 0.15) is 25.0 Å². The van der Waals surface area contributed by atoms with Crippen molar-refractivity contribution in [1.82, 2.24) is 4.98 Å². The molecule has 4 nitrogen and oxygen atoms in total. The van der Waals surface area contributed by atoms with Crippen LogP contribution in [0.3, 0.4) is 0 Å². The van der Waals surface area contributed by atoms with Crippen molar-refractivity contribution < 1.29 is 4.74 Å². The Labute approximate surface area is 89.0 Å². The third-order valence-corrected chi connectivity index (χ3v) is 2.47. The Balaban J connectivity index is 1.88. The maximum absolute atomic E-state index is 7.25. The number of hydrogen-bond acceptors (Lipinski definition) is 3. The molecule has 1 aliphatic rings. The van der Waals surface area contributed by atoms with Crippen LogP contribution in [-0.4, -0.2) is 17.4 Å². The zero-order valence-electron chi connectivity index (χ0n) is 8.57. The predicted octanol–water partition coefficient (Wildman–Crippen LogP) is 1.54. The Kier molecular flexibility index (Phi) is 2.85. The van der Waals surface area contributed by atoms with Crippen molar-refractivity contribution in [1.29, 1.82) is 5.41 Å². The van der Waals surface area contributed by atoms with Crippen molar-refractivity contribution in [3.05, 3.63) is 23.9 Å². The fraction of sp³-hybridized carbons (Fsp3) is 0.455. The van der Waals surface area contributed by atoms with E-state index in [1.54, 1.807) is 18.2 Å². The van der Waals surface area contributed by atoms with Crippen molar-refractivity contribution in [2.75, 3.05) is 6.61 Å². The molecule has 1 fully saturated rings. The highest BCUT2D eigenvalue weighted by Crippen LogP contribution is 2.32. The topological polar surface area (TPSA) is 72.0 Å². The molecule has 1 heterocycles. The number of amidine groups is 1. The second-order valence-electron chi connectivity index (χ2n) is 3.86. The summed E-state index contributed by atoms with van der Waals surface area (Å²) in [6.07, 6.45) is 3.78. The summed E-state index contributed by atoms with van der Waals surface area (Å²) in [7, 11) is 0. The number of nitrogens with zero attached hydrogens (tertiary/aromatic N) is 1. The zero-order valence-corrected chi connectivity index (χ0v) is 8.57. The Morgan fingerprint density at radius 1 is 1.53 bits per heavy atom. The summed E-state index contributed by atoms with van der Waals surface area (Å²) < 4.78 is 5.48. The van der Waals surface area contributed by atoms with Gasteiger partial charge in [-0.2, -0.15) is 0 Å². The van der Waals surface area contributed by atoms with E-state index in [1.165, 1.54) is 12.8 Å². The van der Waals surface area contributed by atoms with E-state index >= 15 is 0 Å². The number of nitrogen functional groups attached to an aromatic ring is 1. The van der Waals surface area contributed by atoms with E-state index in [9.17, 15) is 0 Å². The summed E-state index contributed by atoms with van der Waals surface area (Å²) in [6, 6.07) is 5.30. The lowest BCUT2D eigenvalue weighted by atomic mass is 10.3. The number of nitrogens with one attached hydrogen (secondary N) is 1. The average Bonchev–Trinajstić information content (AvgIpc) is 3.02. The average molecular weight is 205 g/mol. The second kappa shape index (κ2) is 4.29. The molecule has 0 radical (unpaired) electrons. The van der Waals surface area contributed by atoms with Crippen LogP contribution in [0.15, 0.2) is 18.2 Å². The molecular formula is C11H15N3O. The van der Waals surface area contributed by atoms with Gasteiger partial charge in [0.1, 0.15) is 11.5 Å². The van der Waals surface area contributed by atoms with E-state index in [4.69, 9.17) is 15.9 Å². The van der Waals surface area contributed by atoms with Gasteiger partial charge in [0.15, 0.2) is 0 Å². The lowest BCUT2D eigenvalue weighted by Gasteiger charge is -2.05. The number of hydrogen-bond donors (Lipinski definition) is 2. The summed E-state index contributed by atoms with van der Waals surface area (Å²) in [5.41, 5.74) is 5.81. The molecule has 1 saturated carbocycles. The highest BCUT2D eigenvalue weighted by Gasteiger charge is 2.20. The molecule has 0 aromatic carbocycles. The first-order valence-electron chi connectivity index (χ1n) is 5.20. The summed E-state index contributed by atoms with van der Waals surface area (Å²) in [5.74, 6) is 1.40. The first kappa shape index (κ1) is 9.96. The number of aromatic nitrogens is 1. The van der Waals surface area contributed by atoms with Crippen LogP contribution in [-0.2, 0) is 0 Å². The van der Waals surface area contributed by atoms with E-state index < -0.39 is 0 Å². The number of ether oxygens (including phenoxy) is 1. The molecule has 0 bridgehead atoms. The largest absolute Gasteiger partial charge is 0.478 e. The Morgan fingerprint density at radius 3 is 3.00 bits per heavy atom. The number of pyridine rings is 1. The molecule has 4 heteroatoms. The van der Waals surface area contributed by atoms with Crippen LogP contribution in [0.5, 0.6) is 5.88 Å². The van der Waals surface area contributed by atoms with Crippen molar-refractivity contribution in [2.24, 2.45) is 11.7 Å². The molecule has 1 aromatic rings. The van der Waals surface area contributed by atoms with Crippen LogP contribution in [0.2, 0.25) is 0 Å². The smallest absolute Gasteiger partial charge is 0.213 e. The lowest BCUT2D eigenvalue weighted by molar-refractivity contribution is 0.291. The molecule has 0 amide bonds. The van der Waals surface area contributed by atoms with E-state index in [0.29, 0.717) is 18.2 Å². The third-order valence-electron chi connectivity index (χ3n) is 2.47. The van der Waals surface area contributed by atoms with Crippen LogP contribution in [0.25, 0.3) is 0 Å². The van der Waals surface area contributed by atoms with Crippen molar-refractivity contribution in [2.45, 2.75) is 19.3 Å². The first-order valence-corrected chi connectivity index (χ1v) is 5.20. The van der Waals surface area contributed by atoms with Gasteiger partial charge in [-0.15, -0.1) is 0 Å². The van der Waals surface area contributed by atoms with E-state index in [0.717, 1.165) is 12.3 Å². The fourth-order valence-electron chi connectivity index (χ4n) is 1.38. The SMILES string of the molecule is N=C(N)c1cccc(OCCC2CC2)n1. The van der Waals surface area contributed by atoms with Crippen molar-refractivity contribution >= 4 is 5.84 Å². The van der Waals surface area contributed by atoms with Gasteiger partial charge in [-0.1, -0.05) is 18.9 Å². The highest BCUT2D eigenvalue weighted by atomic mass is 16.5. The van der Waals surface area contributed by atoms with Gasteiger partial charge in [0, 0.05) is 6.07 Å². The molecular weight excluding hydrogens is 190 g/mol. The van der Waals surface area contributed by atoms with Gasteiger partial charge in [0.2, 0.25) is 5.88 Å². The molecule has 0 atom stereocenters. The molecule has 80 valence electrons. The molecule has 2 rings (SSSR count).